The van der Waals surface area contributed by atoms with Crippen molar-refractivity contribution < 1.29 is 17.9 Å². The van der Waals surface area contributed by atoms with Crippen molar-refractivity contribution in [3.8, 4) is 0 Å². The van der Waals surface area contributed by atoms with Crippen LogP contribution < -0.4 is 0 Å². The number of hydrogen-bond donors (Lipinski definition) is 1. The van der Waals surface area contributed by atoms with Crippen LogP contribution in [0.5, 0.6) is 0 Å². The molecule has 0 atom stereocenters. The van der Waals surface area contributed by atoms with Gasteiger partial charge in [-0.3, -0.25) is 0 Å². The number of rotatable bonds is 6. The summed E-state index contributed by atoms with van der Waals surface area (Å²) < 4.78 is 38.8. The zero-order valence-electron chi connectivity index (χ0n) is 14.5. The standard InChI is InChI=1S/C22H19FO3S/c23-20-11-7-17(8-12-20)5-6-18-9-13-21(14-10-18)27(25,26)22-4-2-1-3-19(22)15-16-24/h1-14,24H,15-16H2/b6-5+. The molecule has 0 aliphatic rings. The van der Waals surface area contributed by atoms with Crippen molar-refractivity contribution in [3.63, 3.8) is 0 Å². The average molecular weight is 382 g/mol. The Morgan fingerprint density at radius 2 is 1.37 bits per heavy atom. The highest BCUT2D eigenvalue weighted by Crippen LogP contribution is 2.25. The van der Waals surface area contributed by atoms with Crippen LogP contribution in [-0.4, -0.2) is 20.1 Å². The molecule has 0 heterocycles. The Bertz CT molecular complexity index is 1040. The average Bonchev–Trinajstić information content (AvgIpc) is 2.68. The van der Waals surface area contributed by atoms with Gasteiger partial charge in [0.1, 0.15) is 5.82 Å². The minimum absolute atomic E-state index is 0.111. The summed E-state index contributed by atoms with van der Waals surface area (Å²) >= 11 is 0. The molecule has 0 fully saturated rings. The second kappa shape index (κ2) is 8.29. The predicted octanol–water partition coefficient (Wildman–Crippen LogP) is 4.36. The molecule has 3 aromatic carbocycles. The highest BCUT2D eigenvalue weighted by Gasteiger charge is 2.20. The summed E-state index contributed by atoms with van der Waals surface area (Å²) in [5.74, 6) is -0.289. The van der Waals surface area contributed by atoms with Crippen LogP contribution in [0.1, 0.15) is 16.7 Å². The van der Waals surface area contributed by atoms with E-state index in [2.05, 4.69) is 0 Å². The van der Waals surface area contributed by atoms with E-state index in [4.69, 9.17) is 5.11 Å². The lowest BCUT2D eigenvalue weighted by molar-refractivity contribution is 0.298. The largest absolute Gasteiger partial charge is 0.396 e. The first kappa shape index (κ1) is 19.0. The lowest BCUT2D eigenvalue weighted by Crippen LogP contribution is -2.06. The van der Waals surface area contributed by atoms with Crippen LogP contribution in [0.4, 0.5) is 4.39 Å². The van der Waals surface area contributed by atoms with Crippen molar-refractivity contribution >= 4 is 22.0 Å². The molecule has 3 nitrogen and oxygen atoms in total. The fraction of sp³-hybridized carbons (Fsp3) is 0.0909. The van der Waals surface area contributed by atoms with Gasteiger partial charge >= 0.3 is 0 Å². The van der Waals surface area contributed by atoms with Gasteiger partial charge in [-0.05, 0) is 53.4 Å². The summed E-state index contributed by atoms with van der Waals surface area (Å²) in [6.07, 6.45) is 3.96. The number of hydrogen-bond acceptors (Lipinski definition) is 3. The Hall–Kier alpha value is -2.76. The van der Waals surface area contributed by atoms with Gasteiger partial charge in [0, 0.05) is 6.61 Å². The SMILES string of the molecule is O=S(=O)(c1ccc(/C=C/c2ccc(F)cc2)cc1)c1ccccc1CCO. The number of benzene rings is 3. The van der Waals surface area contributed by atoms with E-state index in [1.165, 1.54) is 12.1 Å². The first-order valence-corrected chi connectivity index (χ1v) is 9.96. The second-order valence-electron chi connectivity index (χ2n) is 6.04. The minimum Gasteiger partial charge on any atom is -0.396 e. The summed E-state index contributed by atoms with van der Waals surface area (Å²) in [4.78, 5) is 0.417. The van der Waals surface area contributed by atoms with E-state index in [1.807, 2.05) is 12.2 Å². The third-order valence-electron chi connectivity index (χ3n) is 4.17. The second-order valence-corrected chi connectivity index (χ2v) is 7.96. The molecule has 0 aliphatic carbocycles. The lowest BCUT2D eigenvalue weighted by atomic mass is 10.1. The van der Waals surface area contributed by atoms with Gasteiger partial charge in [-0.2, -0.15) is 0 Å². The molecule has 3 rings (SSSR count). The Balaban J connectivity index is 1.85. The summed E-state index contributed by atoms with van der Waals surface area (Å²) in [5.41, 5.74) is 2.29. The van der Waals surface area contributed by atoms with Gasteiger partial charge < -0.3 is 5.11 Å². The van der Waals surface area contributed by atoms with Crippen LogP contribution in [-0.2, 0) is 16.3 Å². The Labute approximate surface area is 158 Å². The van der Waals surface area contributed by atoms with Crippen molar-refractivity contribution in [3.05, 3.63) is 95.3 Å². The smallest absolute Gasteiger partial charge is 0.206 e. The predicted molar refractivity (Wildman–Crippen MR) is 104 cm³/mol. The number of sulfone groups is 1. The molecule has 27 heavy (non-hydrogen) atoms. The van der Waals surface area contributed by atoms with Crippen LogP contribution in [0.25, 0.3) is 12.2 Å². The summed E-state index contributed by atoms with van der Waals surface area (Å²) in [6, 6.07) is 19.4. The maximum absolute atomic E-state index is 12.9. The molecule has 5 heteroatoms. The molecule has 1 N–H and O–H groups in total. The molecular formula is C22H19FO3S. The third kappa shape index (κ3) is 4.51. The topological polar surface area (TPSA) is 54.4 Å². The van der Waals surface area contributed by atoms with E-state index in [1.54, 1.807) is 60.7 Å². The first-order chi connectivity index (χ1) is 13.0. The zero-order valence-corrected chi connectivity index (χ0v) is 15.4. The Kier molecular flexibility index (Phi) is 5.84. The van der Waals surface area contributed by atoms with Crippen molar-refractivity contribution in [2.45, 2.75) is 16.2 Å². The quantitative estimate of drug-likeness (QED) is 0.645. The van der Waals surface area contributed by atoms with E-state index >= 15 is 0 Å². The normalized spacial score (nSPS) is 11.8. The highest BCUT2D eigenvalue weighted by molar-refractivity contribution is 7.91. The molecule has 0 saturated carbocycles. The van der Waals surface area contributed by atoms with Crippen LogP contribution in [0.2, 0.25) is 0 Å². The van der Waals surface area contributed by atoms with Crippen LogP contribution in [0, 0.1) is 5.82 Å². The molecule has 0 aliphatic heterocycles. The van der Waals surface area contributed by atoms with Crippen molar-refractivity contribution in [1.29, 1.82) is 0 Å². The number of aliphatic hydroxyl groups is 1. The van der Waals surface area contributed by atoms with Gasteiger partial charge in [0.2, 0.25) is 9.84 Å². The van der Waals surface area contributed by atoms with Gasteiger partial charge in [-0.25, -0.2) is 12.8 Å². The van der Waals surface area contributed by atoms with E-state index < -0.39 is 9.84 Å². The van der Waals surface area contributed by atoms with E-state index in [9.17, 15) is 12.8 Å². The first-order valence-electron chi connectivity index (χ1n) is 8.48. The number of halogens is 1. The monoisotopic (exact) mass is 382 g/mol. The molecule has 3 aromatic rings. The molecule has 0 radical (unpaired) electrons. The van der Waals surface area contributed by atoms with Gasteiger partial charge in [0.25, 0.3) is 0 Å². The van der Waals surface area contributed by atoms with Crippen molar-refractivity contribution in [2.24, 2.45) is 0 Å². The van der Waals surface area contributed by atoms with Crippen molar-refractivity contribution in [2.75, 3.05) is 6.61 Å². The summed E-state index contributed by atoms with van der Waals surface area (Å²) in [6.45, 7) is -0.111. The van der Waals surface area contributed by atoms with Gasteiger partial charge in [0.15, 0.2) is 0 Å². The molecule has 0 unspecified atom stereocenters. The molecule has 0 aromatic heterocycles. The number of aliphatic hydroxyl groups excluding tert-OH is 1. The molecular weight excluding hydrogens is 363 g/mol. The van der Waals surface area contributed by atoms with Crippen LogP contribution in [0.3, 0.4) is 0 Å². The van der Waals surface area contributed by atoms with E-state index in [-0.39, 0.29) is 28.6 Å². The van der Waals surface area contributed by atoms with Crippen molar-refractivity contribution in [1.82, 2.24) is 0 Å². The maximum atomic E-state index is 12.9. The zero-order chi connectivity index (χ0) is 19.3. The van der Waals surface area contributed by atoms with Crippen LogP contribution in [0.15, 0.2) is 82.6 Å². The van der Waals surface area contributed by atoms with E-state index in [0.717, 1.165) is 11.1 Å². The molecule has 0 spiro atoms. The van der Waals surface area contributed by atoms with Gasteiger partial charge in [0.05, 0.1) is 9.79 Å². The third-order valence-corrected chi connectivity index (χ3v) is 6.04. The Morgan fingerprint density at radius 3 is 1.96 bits per heavy atom. The summed E-state index contributed by atoms with van der Waals surface area (Å²) in [5, 5.41) is 9.16. The molecule has 0 amide bonds. The van der Waals surface area contributed by atoms with Gasteiger partial charge in [-0.15, -0.1) is 0 Å². The van der Waals surface area contributed by atoms with Crippen LogP contribution >= 0.6 is 0 Å². The highest BCUT2D eigenvalue weighted by atomic mass is 32.2. The lowest BCUT2D eigenvalue weighted by Gasteiger charge is -2.10. The summed E-state index contributed by atoms with van der Waals surface area (Å²) in [7, 11) is -3.66. The molecule has 138 valence electrons. The Morgan fingerprint density at radius 1 is 0.815 bits per heavy atom. The minimum atomic E-state index is -3.66. The molecule has 0 bridgehead atoms. The fourth-order valence-corrected chi connectivity index (χ4v) is 4.27. The maximum Gasteiger partial charge on any atom is 0.206 e. The fourth-order valence-electron chi connectivity index (χ4n) is 2.74. The molecule has 0 saturated heterocycles. The van der Waals surface area contributed by atoms with Gasteiger partial charge in [-0.1, -0.05) is 54.6 Å². The van der Waals surface area contributed by atoms with E-state index in [0.29, 0.717) is 5.56 Å².